The Morgan fingerprint density at radius 3 is 2.42 bits per heavy atom. The van der Waals surface area contributed by atoms with Gasteiger partial charge in [-0.15, -0.1) is 0 Å². The first-order valence-corrected chi connectivity index (χ1v) is 14.7. The molecule has 0 radical (unpaired) electrons. The third-order valence-corrected chi connectivity index (χ3v) is 8.27. The average molecular weight is 597 g/mol. The fourth-order valence-electron chi connectivity index (χ4n) is 3.40. The van der Waals surface area contributed by atoms with Crippen LogP contribution in [0.4, 0.5) is 20.2 Å². The molecule has 1 unspecified atom stereocenters. The van der Waals surface area contributed by atoms with E-state index in [9.17, 15) is 30.4 Å². The van der Waals surface area contributed by atoms with Crippen molar-refractivity contribution in [2.24, 2.45) is 0 Å². The van der Waals surface area contributed by atoms with Gasteiger partial charge in [0.15, 0.2) is 9.84 Å². The van der Waals surface area contributed by atoms with E-state index in [1.165, 1.54) is 30.3 Å². The third kappa shape index (κ3) is 8.18. The van der Waals surface area contributed by atoms with Crippen LogP contribution in [0.15, 0.2) is 30.3 Å². The average Bonchev–Trinajstić information content (AvgIpc) is 2.80. The molecule has 2 rings (SSSR count). The maximum Gasteiger partial charge on any atom is 0.341 e. The summed E-state index contributed by atoms with van der Waals surface area (Å²) in [5, 5.41) is -0.155. The molecule has 0 aliphatic heterocycles. The molecule has 0 bridgehead atoms. The molecule has 2 aromatic carbocycles. The molecule has 212 valence electrons. The molecular formula is C24H31ClF2N2O7S2. The standard InChI is InChI=1S/C24H31ClF2N2O7S2/c1-15-18(10-9-16(28)21(15)23(30)36-24(2,3)4)35-19-8-5-7-17(22(19)25)29(37(31)32)13-11-20(27)38(33,34)14-6-12-26/h5,7-10,20,37H,6,11-14,28H2,1-4H3. The second kappa shape index (κ2) is 12.9. The summed E-state index contributed by atoms with van der Waals surface area (Å²) in [6.07, 6.45) is -1.04. The van der Waals surface area contributed by atoms with Gasteiger partial charge in [-0.05, 0) is 58.4 Å². The lowest BCUT2D eigenvalue weighted by Gasteiger charge is -2.23. The molecule has 2 aromatic rings. The molecule has 9 nitrogen and oxygen atoms in total. The van der Waals surface area contributed by atoms with Crippen LogP contribution < -0.4 is 14.8 Å². The molecule has 0 spiro atoms. The van der Waals surface area contributed by atoms with E-state index in [1.54, 1.807) is 27.7 Å². The van der Waals surface area contributed by atoms with Crippen LogP contribution in [-0.4, -0.2) is 52.9 Å². The van der Waals surface area contributed by atoms with Gasteiger partial charge in [0.05, 0.1) is 23.7 Å². The summed E-state index contributed by atoms with van der Waals surface area (Å²) in [5.74, 6) is -1.14. The van der Waals surface area contributed by atoms with Crippen LogP contribution in [0.3, 0.4) is 0 Å². The molecule has 0 aliphatic rings. The van der Waals surface area contributed by atoms with Crippen LogP contribution in [-0.2, 0) is 25.5 Å². The van der Waals surface area contributed by atoms with Crippen LogP contribution >= 0.6 is 11.6 Å². The Kier molecular flexibility index (Phi) is 10.8. The lowest BCUT2D eigenvalue weighted by molar-refractivity contribution is 0.00696. The number of carbonyl (C=O) groups excluding carboxylic acids is 1. The maximum atomic E-state index is 14.4. The maximum absolute atomic E-state index is 14.4. The van der Waals surface area contributed by atoms with E-state index in [1.807, 2.05) is 0 Å². The van der Waals surface area contributed by atoms with Crippen molar-refractivity contribution in [3.63, 3.8) is 0 Å². The molecule has 0 aliphatic carbocycles. The van der Waals surface area contributed by atoms with Crippen molar-refractivity contribution >= 4 is 49.7 Å². The second-order valence-electron chi connectivity index (χ2n) is 9.32. The molecule has 0 saturated carbocycles. The predicted octanol–water partition coefficient (Wildman–Crippen LogP) is 4.77. The van der Waals surface area contributed by atoms with Crippen LogP contribution in [0.1, 0.15) is 49.5 Å². The number of ether oxygens (including phenoxy) is 2. The molecular weight excluding hydrogens is 566 g/mol. The zero-order valence-corrected chi connectivity index (χ0v) is 23.8. The minimum absolute atomic E-state index is 0.0152. The minimum Gasteiger partial charge on any atom is -0.456 e. The summed E-state index contributed by atoms with van der Waals surface area (Å²) in [6.45, 7) is 5.26. The number of nitrogen functional groups attached to an aromatic ring is 1. The smallest absolute Gasteiger partial charge is 0.341 e. The zero-order chi connectivity index (χ0) is 28.8. The highest BCUT2D eigenvalue weighted by molar-refractivity contribution is 7.91. The van der Waals surface area contributed by atoms with Crippen LogP contribution in [0, 0.1) is 6.92 Å². The largest absolute Gasteiger partial charge is 0.456 e. The van der Waals surface area contributed by atoms with E-state index in [-0.39, 0.29) is 39.9 Å². The Bertz CT molecular complexity index is 1340. The van der Waals surface area contributed by atoms with Crippen molar-refractivity contribution in [2.45, 2.75) is 51.6 Å². The third-order valence-electron chi connectivity index (χ3n) is 5.21. The number of rotatable bonds is 12. The van der Waals surface area contributed by atoms with Crippen LogP contribution in [0.2, 0.25) is 5.02 Å². The normalized spacial score (nSPS) is 12.8. The first kappa shape index (κ1) is 31.6. The molecule has 0 saturated heterocycles. The number of thiol groups is 1. The Hall–Kier alpha value is -2.64. The van der Waals surface area contributed by atoms with Gasteiger partial charge < -0.3 is 15.2 Å². The van der Waals surface area contributed by atoms with Crippen molar-refractivity contribution in [1.82, 2.24) is 0 Å². The summed E-state index contributed by atoms with van der Waals surface area (Å²) in [4.78, 5) is 12.7. The fourth-order valence-corrected chi connectivity index (χ4v) is 5.58. The number of nitrogens with two attached hydrogens (primary N) is 1. The van der Waals surface area contributed by atoms with E-state index in [2.05, 4.69) is 0 Å². The van der Waals surface area contributed by atoms with Gasteiger partial charge >= 0.3 is 5.97 Å². The Balaban J connectivity index is 2.35. The molecule has 2 N–H and O–H groups in total. The molecule has 0 aromatic heterocycles. The molecule has 0 amide bonds. The van der Waals surface area contributed by atoms with Crippen LogP contribution in [0.5, 0.6) is 11.5 Å². The van der Waals surface area contributed by atoms with Crippen molar-refractivity contribution in [3.8, 4) is 11.5 Å². The van der Waals surface area contributed by atoms with Crippen molar-refractivity contribution in [2.75, 3.05) is 29.0 Å². The molecule has 0 fully saturated rings. The van der Waals surface area contributed by atoms with E-state index in [0.29, 0.717) is 5.56 Å². The lowest BCUT2D eigenvalue weighted by atomic mass is 10.0. The van der Waals surface area contributed by atoms with Gasteiger partial charge in [0, 0.05) is 24.2 Å². The quantitative estimate of drug-likeness (QED) is 0.203. The van der Waals surface area contributed by atoms with E-state index < -0.39 is 63.2 Å². The summed E-state index contributed by atoms with van der Waals surface area (Å²) >= 11 is 6.44. The number of hydrogen-bond donors (Lipinski definition) is 2. The number of esters is 1. The fraction of sp³-hybridized carbons (Fsp3) is 0.458. The number of halogens is 3. The monoisotopic (exact) mass is 596 g/mol. The number of benzene rings is 2. The number of carbonyl (C=O) groups is 1. The van der Waals surface area contributed by atoms with Crippen molar-refractivity contribution in [3.05, 3.63) is 46.5 Å². The van der Waals surface area contributed by atoms with E-state index >= 15 is 0 Å². The number of sulfone groups is 1. The van der Waals surface area contributed by atoms with E-state index in [0.717, 1.165) is 4.31 Å². The Labute approximate surface area is 227 Å². The SMILES string of the molecule is Cc1c(Oc2cccc(N(CCC(F)S(=O)(=O)CCCF)[SH](=O)=O)c2Cl)ccc(N)c1C(=O)OC(C)(C)C. The highest BCUT2D eigenvalue weighted by Crippen LogP contribution is 2.39. The molecule has 38 heavy (non-hydrogen) atoms. The number of anilines is 2. The Morgan fingerprint density at radius 1 is 1.18 bits per heavy atom. The highest BCUT2D eigenvalue weighted by Gasteiger charge is 2.27. The lowest BCUT2D eigenvalue weighted by Crippen LogP contribution is -2.29. The number of alkyl halides is 2. The number of nitrogens with zero attached hydrogens (tertiary/aromatic N) is 1. The van der Waals surface area contributed by atoms with Crippen molar-refractivity contribution < 1.29 is 39.9 Å². The summed E-state index contributed by atoms with van der Waals surface area (Å²) in [5.41, 5.74) is 3.39. The van der Waals surface area contributed by atoms with E-state index in [4.69, 9.17) is 26.8 Å². The first-order chi connectivity index (χ1) is 17.6. The predicted molar refractivity (Wildman–Crippen MR) is 144 cm³/mol. The Morgan fingerprint density at radius 2 is 1.84 bits per heavy atom. The second-order valence-corrected chi connectivity index (χ2v) is 12.9. The summed E-state index contributed by atoms with van der Waals surface area (Å²) < 4.78 is 86.5. The van der Waals surface area contributed by atoms with Gasteiger partial charge in [0.2, 0.25) is 16.4 Å². The molecule has 0 heterocycles. The molecule has 14 heteroatoms. The number of hydrogen-bond acceptors (Lipinski definition) is 8. The van der Waals surface area contributed by atoms with Gasteiger partial charge in [-0.3, -0.25) is 8.70 Å². The minimum atomic E-state index is -4.25. The molecule has 1 atom stereocenters. The summed E-state index contributed by atoms with van der Waals surface area (Å²) in [6, 6.07) is 7.18. The van der Waals surface area contributed by atoms with Crippen LogP contribution in [0.25, 0.3) is 0 Å². The van der Waals surface area contributed by atoms with Gasteiger partial charge in [-0.2, -0.15) is 0 Å². The van der Waals surface area contributed by atoms with Gasteiger partial charge in [-0.25, -0.2) is 26.0 Å². The highest BCUT2D eigenvalue weighted by atomic mass is 35.5. The van der Waals surface area contributed by atoms with Gasteiger partial charge in [0.1, 0.15) is 22.1 Å². The van der Waals surface area contributed by atoms with Gasteiger partial charge in [-0.1, -0.05) is 17.7 Å². The first-order valence-electron chi connectivity index (χ1n) is 11.5. The topological polar surface area (TPSA) is 133 Å². The zero-order valence-electron chi connectivity index (χ0n) is 21.4. The van der Waals surface area contributed by atoms with Gasteiger partial charge in [0.25, 0.3) is 0 Å². The van der Waals surface area contributed by atoms with Crippen molar-refractivity contribution in [1.29, 1.82) is 0 Å². The summed E-state index contributed by atoms with van der Waals surface area (Å²) in [7, 11) is -7.60.